The lowest BCUT2D eigenvalue weighted by molar-refractivity contribution is -0.153. The number of nitrogens with zero attached hydrogens (tertiary/aromatic N) is 2. The van der Waals surface area contributed by atoms with Gasteiger partial charge in [0.2, 0.25) is 0 Å². The lowest BCUT2D eigenvalue weighted by Crippen LogP contribution is -2.56. The van der Waals surface area contributed by atoms with Gasteiger partial charge in [-0.15, -0.1) is 0 Å². The highest BCUT2D eigenvalue weighted by atomic mass is 16.5. The molecule has 0 spiro atoms. The Morgan fingerprint density at radius 3 is 2.47 bits per heavy atom. The molecular formula is C15H24N2O2. The first-order valence-corrected chi connectivity index (χ1v) is 7.47. The average molecular weight is 264 g/mol. The van der Waals surface area contributed by atoms with Crippen LogP contribution in [0, 0.1) is 11.3 Å². The van der Waals surface area contributed by atoms with E-state index in [0.717, 1.165) is 32.1 Å². The molecule has 19 heavy (non-hydrogen) atoms. The summed E-state index contributed by atoms with van der Waals surface area (Å²) < 4.78 is 5.95. The first-order valence-electron chi connectivity index (χ1n) is 7.47. The van der Waals surface area contributed by atoms with Crippen LogP contribution in [-0.4, -0.2) is 35.6 Å². The first kappa shape index (κ1) is 14.3. The van der Waals surface area contributed by atoms with Crippen LogP contribution in [0.1, 0.15) is 58.3 Å². The number of rotatable bonds is 5. The molecule has 1 amide bonds. The lowest BCUT2D eigenvalue weighted by atomic mass is 9.76. The topological polar surface area (TPSA) is 53.3 Å². The van der Waals surface area contributed by atoms with Gasteiger partial charge in [-0.05, 0) is 38.5 Å². The van der Waals surface area contributed by atoms with Crippen molar-refractivity contribution in [3.63, 3.8) is 0 Å². The smallest absolute Gasteiger partial charge is 0.252 e. The summed E-state index contributed by atoms with van der Waals surface area (Å²) >= 11 is 0. The third-order valence-electron chi connectivity index (χ3n) is 4.67. The fraction of sp³-hybridized carbons (Fsp3) is 0.867. The van der Waals surface area contributed by atoms with Gasteiger partial charge in [-0.2, -0.15) is 5.26 Å². The molecule has 2 aliphatic carbocycles. The van der Waals surface area contributed by atoms with Gasteiger partial charge in [0.25, 0.3) is 5.91 Å². The average Bonchev–Trinajstić information content (AvgIpc) is 2.87. The van der Waals surface area contributed by atoms with E-state index in [9.17, 15) is 10.1 Å². The van der Waals surface area contributed by atoms with Gasteiger partial charge < -0.3 is 9.64 Å². The van der Waals surface area contributed by atoms with Crippen molar-refractivity contribution in [2.24, 2.45) is 0 Å². The Morgan fingerprint density at radius 1 is 1.42 bits per heavy atom. The molecule has 106 valence electrons. The van der Waals surface area contributed by atoms with Crippen LogP contribution in [0.2, 0.25) is 0 Å². The molecule has 2 aliphatic rings. The van der Waals surface area contributed by atoms with Crippen LogP contribution in [0.25, 0.3) is 0 Å². The molecule has 0 unspecified atom stereocenters. The van der Waals surface area contributed by atoms with Gasteiger partial charge in [-0.3, -0.25) is 4.79 Å². The van der Waals surface area contributed by atoms with Crippen molar-refractivity contribution in [2.45, 2.75) is 76.0 Å². The first-order chi connectivity index (χ1) is 9.13. The van der Waals surface area contributed by atoms with E-state index in [4.69, 9.17) is 4.74 Å². The summed E-state index contributed by atoms with van der Waals surface area (Å²) in [4.78, 5) is 14.1. The van der Waals surface area contributed by atoms with E-state index < -0.39 is 5.54 Å². The van der Waals surface area contributed by atoms with E-state index in [1.807, 2.05) is 6.92 Å². The molecule has 4 heteroatoms. The Labute approximate surface area is 115 Å². The second-order valence-electron chi connectivity index (χ2n) is 5.83. The second kappa shape index (κ2) is 5.92. The van der Waals surface area contributed by atoms with Crippen LogP contribution in [0.4, 0.5) is 0 Å². The number of nitriles is 1. The molecule has 0 aromatic heterocycles. The van der Waals surface area contributed by atoms with Crippen LogP contribution >= 0.6 is 0 Å². The van der Waals surface area contributed by atoms with Gasteiger partial charge in [0.15, 0.2) is 0 Å². The van der Waals surface area contributed by atoms with Crippen LogP contribution in [0.15, 0.2) is 0 Å². The predicted molar refractivity (Wildman–Crippen MR) is 72.4 cm³/mol. The number of hydrogen-bond acceptors (Lipinski definition) is 3. The molecule has 0 N–H and O–H groups in total. The van der Waals surface area contributed by atoms with E-state index >= 15 is 0 Å². The summed E-state index contributed by atoms with van der Waals surface area (Å²) in [7, 11) is 1.76. The minimum absolute atomic E-state index is 0.0179. The third kappa shape index (κ3) is 2.76. The van der Waals surface area contributed by atoms with Gasteiger partial charge in [-0.1, -0.05) is 19.8 Å². The molecule has 0 radical (unpaired) electrons. The number of carbonyl (C=O) groups is 1. The van der Waals surface area contributed by atoms with Gasteiger partial charge in [-0.25, -0.2) is 0 Å². The van der Waals surface area contributed by atoms with Crippen molar-refractivity contribution >= 4 is 5.91 Å². The monoisotopic (exact) mass is 264 g/mol. The van der Waals surface area contributed by atoms with Gasteiger partial charge in [0, 0.05) is 7.05 Å². The molecule has 0 aromatic rings. The zero-order valence-electron chi connectivity index (χ0n) is 12.0. The Hall–Kier alpha value is -1.08. The Morgan fingerprint density at radius 2 is 2.05 bits per heavy atom. The maximum Gasteiger partial charge on any atom is 0.252 e. The standard InChI is InChI=1S/C15H24N2O2/c1-3-13(19-12-7-4-5-8-12)14(18)17(2)15(11-16)9-6-10-15/h12-13H,3-10H2,1-2H3/t13-/m1/s1. The molecule has 2 fully saturated rings. The Kier molecular flexibility index (Phi) is 4.46. The number of amides is 1. The van der Waals surface area contributed by atoms with Crippen LogP contribution in [0.3, 0.4) is 0 Å². The fourth-order valence-corrected chi connectivity index (χ4v) is 3.05. The molecule has 0 aliphatic heterocycles. The normalized spacial score (nSPS) is 23.4. The van der Waals surface area contributed by atoms with Gasteiger partial charge in [0.1, 0.15) is 11.6 Å². The van der Waals surface area contributed by atoms with Crippen molar-refractivity contribution < 1.29 is 9.53 Å². The minimum atomic E-state index is -0.566. The largest absolute Gasteiger partial charge is 0.365 e. The summed E-state index contributed by atoms with van der Waals surface area (Å²) in [5, 5.41) is 9.31. The summed E-state index contributed by atoms with van der Waals surface area (Å²) in [5.41, 5.74) is -0.566. The highest BCUT2D eigenvalue weighted by Crippen LogP contribution is 2.37. The minimum Gasteiger partial charge on any atom is -0.365 e. The molecule has 1 atom stereocenters. The number of ether oxygens (including phenoxy) is 1. The fourth-order valence-electron chi connectivity index (χ4n) is 3.05. The van der Waals surface area contributed by atoms with E-state index in [1.54, 1.807) is 11.9 Å². The number of carbonyl (C=O) groups excluding carboxylic acids is 1. The van der Waals surface area contributed by atoms with E-state index in [0.29, 0.717) is 6.42 Å². The van der Waals surface area contributed by atoms with Crippen molar-refractivity contribution in [1.29, 1.82) is 5.26 Å². The third-order valence-corrected chi connectivity index (χ3v) is 4.67. The SMILES string of the molecule is CC[C@@H](OC1CCCC1)C(=O)N(C)C1(C#N)CCC1. The summed E-state index contributed by atoms with van der Waals surface area (Å²) in [6.45, 7) is 1.98. The zero-order chi connectivity index (χ0) is 13.9. The highest BCUT2D eigenvalue weighted by molar-refractivity contribution is 5.82. The van der Waals surface area contributed by atoms with E-state index in [1.165, 1.54) is 12.8 Å². The van der Waals surface area contributed by atoms with Crippen LogP contribution < -0.4 is 0 Å². The maximum atomic E-state index is 12.5. The lowest BCUT2D eigenvalue weighted by Gasteiger charge is -2.44. The highest BCUT2D eigenvalue weighted by Gasteiger charge is 2.45. The molecule has 0 heterocycles. The van der Waals surface area contributed by atoms with Crippen LogP contribution in [-0.2, 0) is 9.53 Å². The molecular weight excluding hydrogens is 240 g/mol. The van der Waals surface area contributed by atoms with Crippen molar-refractivity contribution in [1.82, 2.24) is 4.90 Å². The van der Waals surface area contributed by atoms with Crippen LogP contribution in [0.5, 0.6) is 0 Å². The maximum absolute atomic E-state index is 12.5. The summed E-state index contributed by atoms with van der Waals surface area (Å²) in [5.74, 6) is -0.0179. The summed E-state index contributed by atoms with van der Waals surface area (Å²) in [6, 6.07) is 2.32. The molecule has 0 bridgehead atoms. The van der Waals surface area contributed by atoms with Crippen molar-refractivity contribution in [3.05, 3.63) is 0 Å². The number of hydrogen-bond donors (Lipinski definition) is 0. The van der Waals surface area contributed by atoms with Crippen molar-refractivity contribution in [3.8, 4) is 6.07 Å². The molecule has 4 nitrogen and oxygen atoms in total. The quantitative estimate of drug-likeness (QED) is 0.767. The molecule has 2 rings (SSSR count). The van der Waals surface area contributed by atoms with Gasteiger partial charge in [0.05, 0.1) is 12.2 Å². The van der Waals surface area contributed by atoms with Crippen molar-refractivity contribution in [2.75, 3.05) is 7.05 Å². The number of likely N-dealkylation sites (N-methyl/N-ethyl adjacent to an activating group) is 1. The molecule has 0 saturated heterocycles. The van der Waals surface area contributed by atoms with E-state index in [2.05, 4.69) is 6.07 Å². The summed E-state index contributed by atoms with van der Waals surface area (Å²) in [6.07, 6.45) is 7.71. The molecule has 0 aromatic carbocycles. The van der Waals surface area contributed by atoms with Gasteiger partial charge >= 0.3 is 0 Å². The van der Waals surface area contributed by atoms with E-state index in [-0.39, 0.29) is 18.1 Å². The zero-order valence-corrected chi connectivity index (χ0v) is 12.0. The molecule has 2 saturated carbocycles. The second-order valence-corrected chi connectivity index (χ2v) is 5.83. The Balaban J connectivity index is 1.97. The predicted octanol–water partition coefficient (Wildman–Crippen LogP) is 2.63. The Bertz CT molecular complexity index is 365.